The number of ether oxygens (including phenoxy) is 2. The molecule has 0 spiro atoms. The summed E-state index contributed by atoms with van der Waals surface area (Å²) >= 11 is 1.57. The summed E-state index contributed by atoms with van der Waals surface area (Å²) in [5.74, 6) is 0.539. The molecule has 1 fully saturated rings. The molecular weight excluding hydrogens is 410 g/mol. The highest BCUT2D eigenvalue weighted by Crippen LogP contribution is 2.27. The fourth-order valence-electron chi connectivity index (χ4n) is 3.62. The lowest BCUT2D eigenvalue weighted by Gasteiger charge is -2.26. The number of morpholine rings is 1. The van der Waals surface area contributed by atoms with Gasteiger partial charge in [-0.2, -0.15) is 0 Å². The Bertz CT molecular complexity index is 1040. The first-order valence-corrected chi connectivity index (χ1v) is 11.3. The predicted molar refractivity (Wildman–Crippen MR) is 124 cm³/mol. The van der Waals surface area contributed by atoms with Crippen molar-refractivity contribution in [3.8, 4) is 16.3 Å². The molecule has 0 bridgehead atoms. The second-order valence-corrected chi connectivity index (χ2v) is 8.52. The number of aromatic nitrogens is 1. The number of amides is 1. The van der Waals surface area contributed by atoms with Gasteiger partial charge in [-0.3, -0.25) is 9.69 Å². The van der Waals surface area contributed by atoms with Crippen molar-refractivity contribution in [1.82, 2.24) is 9.88 Å². The number of thiazole rings is 1. The summed E-state index contributed by atoms with van der Waals surface area (Å²) < 4.78 is 10.8. The van der Waals surface area contributed by atoms with Gasteiger partial charge in [-0.15, -0.1) is 11.3 Å². The summed E-state index contributed by atoms with van der Waals surface area (Å²) in [4.78, 5) is 19.7. The zero-order chi connectivity index (χ0) is 21.6. The van der Waals surface area contributed by atoms with Crippen LogP contribution in [0.3, 0.4) is 0 Å². The third-order valence-electron chi connectivity index (χ3n) is 5.21. The molecule has 31 heavy (non-hydrogen) atoms. The first-order valence-electron chi connectivity index (χ1n) is 10.4. The average molecular weight is 438 g/mol. The predicted octanol–water partition coefficient (Wildman–Crippen LogP) is 4.14. The highest BCUT2D eigenvalue weighted by molar-refractivity contribution is 7.13. The highest BCUT2D eigenvalue weighted by atomic mass is 32.1. The van der Waals surface area contributed by atoms with E-state index in [0.29, 0.717) is 11.4 Å². The molecule has 6 nitrogen and oxygen atoms in total. The van der Waals surface area contributed by atoms with E-state index in [0.717, 1.165) is 54.7 Å². The molecule has 1 aliphatic heterocycles. The molecule has 2 aromatic carbocycles. The number of hydrogen-bond acceptors (Lipinski definition) is 6. The Morgan fingerprint density at radius 2 is 2.06 bits per heavy atom. The maximum Gasteiger partial charge on any atom is 0.230 e. The maximum absolute atomic E-state index is 12.6. The van der Waals surface area contributed by atoms with Crippen LogP contribution in [0.25, 0.3) is 10.6 Å². The molecule has 0 aliphatic carbocycles. The summed E-state index contributed by atoms with van der Waals surface area (Å²) in [7, 11) is 1.60. The Morgan fingerprint density at radius 3 is 2.87 bits per heavy atom. The second kappa shape index (κ2) is 10.0. The van der Waals surface area contributed by atoms with Gasteiger partial charge < -0.3 is 14.8 Å². The summed E-state index contributed by atoms with van der Waals surface area (Å²) in [5.41, 5.74) is 4.86. The summed E-state index contributed by atoms with van der Waals surface area (Å²) in [6.07, 6.45) is 0.223. The lowest BCUT2D eigenvalue weighted by Crippen LogP contribution is -2.35. The van der Waals surface area contributed by atoms with Crippen LogP contribution in [-0.4, -0.2) is 49.2 Å². The third kappa shape index (κ3) is 5.70. The van der Waals surface area contributed by atoms with Crippen molar-refractivity contribution >= 4 is 22.9 Å². The molecule has 0 unspecified atom stereocenters. The molecule has 3 aromatic rings. The molecule has 1 saturated heterocycles. The number of hydrogen-bond donors (Lipinski definition) is 1. The first-order chi connectivity index (χ1) is 15.1. The van der Waals surface area contributed by atoms with Crippen molar-refractivity contribution in [1.29, 1.82) is 0 Å². The van der Waals surface area contributed by atoms with E-state index in [-0.39, 0.29) is 12.3 Å². The van der Waals surface area contributed by atoms with Crippen LogP contribution in [0, 0.1) is 6.92 Å². The van der Waals surface area contributed by atoms with Crippen LogP contribution in [-0.2, 0) is 22.5 Å². The van der Waals surface area contributed by atoms with Gasteiger partial charge in [0.15, 0.2) is 0 Å². The van der Waals surface area contributed by atoms with E-state index in [4.69, 9.17) is 14.5 Å². The van der Waals surface area contributed by atoms with Crippen molar-refractivity contribution in [2.75, 3.05) is 38.7 Å². The molecule has 1 aromatic heterocycles. The quantitative estimate of drug-likeness (QED) is 0.602. The van der Waals surface area contributed by atoms with Gasteiger partial charge in [0.05, 0.1) is 38.1 Å². The van der Waals surface area contributed by atoms with Crippen molar-refractivity contribution in [3.05, 3.63) is 64.7 Å². The highest BCUT2D eigenvalue weighted by Gasteiger charge is 2.14. The normalized spacial score (nSPS) is 14.4. The van der Waals surface area contributed by atoms with Crippen molar-refractivity contribution < 1.29 is 14.3 Å². The van der Waals surface area contributed by atoms with Crippen molar-refractivity contribution in [2.45, 2.75) is 19.9 Å². The second-order valence-electron chi connectivity index (χ2n) is 7.66. The molecule has 1 N–H and O–H groups in total. The molecule has 1 aliphatic rings. The summed E-state index contributed by atoms with van der Waals surface area (Å²) in [6.45, 7) is 6.42. The average Bonchev–Trinajstić information content (AvgIpc) is 3.23. The van der Waals surface area contributed by atoms with Gasteiger partial charge in [0, 0.05) is 30.6 Å². The van der Waals surface area contributed by atoms with Crippen molar-refractivity contribution in [2.24, 2.45) is 0 Å². The number of carbonyl (C=O) groups is 1. The molecule has 0 radical (unpaired) electrons. The van der Waals surface area contributed by atoms with E-state index in [1.807, 2.05) is 30.5 Å². The van der Waals surface area contributed by atoms with E-state index in [9.17, 15) is 4.79 Å². The fourth-order valence-corrected chi connectivity index (χ4v) is 4.44. The van der Waals surface area contributed by atoms with Gasteiger partial charge in [-0.05, 0) is 36.2 Å². The lowest BCUT2D eigenvalue weighted by molar-refractivity contribution is -0.115. The third-order valence-corrected chi connectivity index (χ3v) is 6.15. The van der Waals surface area contributed by atoms with Gasteiger partial charge >= 0.3 is 0 Å². The minimum Gasteiger partial charge on any atom is -0.495 e. The van der Waals surface area contributed by atoms with Gasteiger partial charge in [0.2, 0.25) is 5.91 Å². The first kappa shape index (κ1) is 21.5. The molecule has 7 heteroatoms. The molecule has 0 saturated carbocycles. The van der Waals surface area contributed by atoms with E-state index in [1.54, 1.807) is 18.4 Å². The number of anilines is 1. The smallest absolute Gasteiger partial charge is 0.230 e. The zero-order valence-corrected chi connectivity index (χ0v) is 18.7. The number of nitrogens with one attached hydrogen (secondary N) is 1. The zero-order valence-electron chi connectivity index (χ0n) is 17.9. The van der Waals surface area contributed by atoms with Gasteiger partial charge in [0.25, 0.3) is 0 Å². The van der Waals surface area contributed by atoms with Gasteiger partial charge in [-0.25, -0.2) is 4.98 Å². The van der Waals surface area contributed by atoms with E-state index in [1.165, 1.54) is 5.56 Å². The fraction of sp³-hybridized carbons (Fsp3) is 0.333. The number of nitrogens with zero attached hydrogens (tertiary/aromatic N) is 2. The molecule has 0 atom stereocenters. The maximum atomic E-state index is 12.6. The van der Waals surface area contributed by atoms with Crippen LogP contribution in [0.2, 0.25) is 0 Å². The Hall–Kier alpha value is -2.74. The molecule has 2 heterocycles. The number of rotatable bonds is 7. The van der Waals surface area contributed by atoms with E-state index >= 15 is 0 Å². The van der Waals surface area contributed by atoms with Gasteiger partial charge in [-0.1, -0.05) is 24.3 Å². The van der Waals surface area contributed by atoms with E-state index < -0.39 is 0 Å². The number of aryl methyl sites for hydroxylation is 1. The SMILES string of the molecule is COc1ccc(C)cc1NC(=O)Cc1csc(-c2cccc(CN3CCOCC3)c2)n1. The van der Waals surface area contributed by atoms with Crippen molar-refractivity contribution in [3.63, 3.8) is 0 Å². The van der Waals surface area contributed by atoms with Crippen LogP contribution in [0.4, 0.5) is 5.69 Å². The number of benzene rings is 2. The Balaban J connectivity index is 1.41. The molecule has 4 rings (SSSR count). The molecule has 162 valence electrons. The largest absolute Gasteiger partial charge is 0.495 e. The van der Waals surface area contributed by atoms with Crippen LogP contribution in [0.15, 0.2) is 47.8 Å². The topological polar surface area (TPSA) is 63.7 Å². The standard InChI is InChI=1S/C24H27N3O3S/c1-17-6-7-22(29-2)21(12-17)26-23(28)14-20-16-31-24(25-20)19-5-3-4-18(13-19)15-27-8-10-30-11-9-27/h3-7,12-13,16H,8-11,14-15H2,1-2H3,(H,26,28). The minimum absolute atomic E-state index is 0.109. The minimum atomic E-state index is -0.109. The Morgan fingerprint density at radius 1 is 1.23 bits per heavy atom. The van der Waals surface area contributed by atoms with E-state index in [2.05, 4.69) is 34.5 Å². The Kier molecular flexibility index (Phi) is 6.96. The number of carbonyl (C=O) groups excluding carboxylic acids is 1. The summed E-state index contributed by atoms with van der Waals surface area (Å²) in [5, 5.41) is 5.83. The van der Waals surface area contributed by atoms with Gasteiger partial charge in [0.1, 0.15) is 10.8 Å². The monoisotopic (exact) mass is 437 g/mol. The lowest BCUT2D eigenvalue weighted by atomic mass is 10.1. The number of methoxy groups -OCH3 is 1. The Labute approximate surface area is 186 Å². The van der Waals surface area contributed by atoms with Crippen LogP contribution in [0.5, 0.6) is 5.75 Å². The van der Waals surface area contributed by atoms with Crippen LogP contribution < -0.4 is 10.1 Å². The van der Waals surface area contributed by atoms with Crippen LogP contribution in [0.1, 0.15) is 16.8 Å². The molecule has 1 amide bonds. The van der Waals surface area contributed by atoms with Crippen LogP contribution >= 0.6 is 11.3 Å². The molecular formula is C24H27N3O3S. The summed E-state index contributed by atoms with van der Waals surface area (Å²) in [6, 6.07) is 14.2.